The number of thiocarbonyl (C=S) groups is 1. The van der Waals surface area contributed by atoms with Crippen LogP contribution in [0.15, 0.2) is 48.5 Å². The zero-order valence-corrected chi connectivity index (χ0v) is 12.9. The van der Waals surface area contributed by atoms with Gasteiger partial charge in [-0.25, -0.2) is 0 Å². The van der Waals surface area contributed by atoms with Gasteiger partial charge in [0.05, 0.1) is 18.8 Å². The van der Waals surface area contributed by atoms with Crippen molar-refractivity contribution in [3.8, 4) is 11.5 Å². The van der Waals surface area contributed by atoms with E-state index < -0.39 is 0 Å². The number of para-hydroxylation sites is 1. The summed E-state index contributed by atoms with van der Waals surface area (Å²) in [5.41, 5.74) is 7.62. The average molecular weight is 301 g/mol. The van der Waals surface area contributed by atoms with Crippen LogP contribution in [0.4, 0.5) is 0 Å². The molecule has 2 aromatic carbocycles. The maximum atomic E-state index is 5.71. The van der Waals surface area contributed by atoms with Crippen LogP contribution in [-0.2, 0) is 0 Å². The molecule has 0 aliphatic heterocycles. The van der Waals surface area contributed by atoms with E-state index in [1.807, 2.05) is 55.5 Å². The molecule has 4 heteroatoms. The molecule has 21 heavy (non-hydrogen) atoms. The van der Waals surface area contributed by atoms with E-state index in [9.17, 15) is 0 Å². The Morgan fingerprint density at radius 1 is 1.05 bits per heavy atom. The molecule has 2 N–H and O–H groups in total. The largest absolute Gasteiger partial charge is 0.493 e. The van der Waals surface area contributed by atoms with Gasteiger partial charge in [0, 0.05) is 6.42 Å². The fraction of sp³-hybridized carbons (Fsp3) is 0.235. The van der Waals surface area contributed by atoms with Gasteiger partial charge < -0.3 is 15.2 Å². The summed E-state index contributed by atoms with van der Waals surface area (Å²) in [5, 5.41) is 0. The Kier molecular flexibility index (Phi) is 5.58. The lowest BCUT2D eigenvalue weighted by Gasteiger charge is -2.11. The Morgan fingerprint density at radius 2 is 1.81 bits per heavy atom. The number of aryl methyl sites for hydroxylation is 1. The van der Waals surface area contributed by atoms with Gasteiger partial charge in [0.1, 0.15) is 16.5 Å². The number of hydrogen-bond donors (Lipinski definition) is 1. The summed E-state index contributed by atoms with van der Waals surface area (Å²) in [6.45, 7) is 3.22. The molecule has 0 atom stereocenters. The van der Waals surface area contributed by atoms with E-state index in [1.165, 1.54) is 5.56 Å². The topological polar surface area (TPSA) is 44.5 Å². The zero-order valence-electron chi connectivity index (χ0n) is 12.0. The van der Waals surface area contributed by atoms with Crippen molar-refractivity contribution in [3.05, 3.63) is 59.7 Å². The summed E-state index contributed by atoms with van der Waals surface area (Å²) in [6.07, 6.45) is 0.791. The smallest absolute Gasteiger partial charge is 0.129 e. The summed E-state index contributed by atoms with van der Waals surface area (Å²) in [6, 6.07) is 15.5. The van der Waals surface area contributed by atoms with Gasteiger partial charge in [-0.1, -0.05) is 36.5 Å². The van der Waals surface area contributed by atoms with Crippen molar-refractivity contribution >= 4 is 17.2 Å². The molecule has 0 amide bonds. The third-order valence-electron chi connectivity index (χ3n) is 2.96. The molecule has 2 aromatic rings. The summed E-state index contributed by atoms with van der Waals surface area (Å²) in [4.78, 5) is 0.349. The van der Waals surface area contributed by atoms with Crippen LogP contribution in [0.1, 0.15) is 17.5 Å². The Morgan fingerprint density at radius 3 is 2.57 bits per heavy atom. The van der Waals surface area contributed by atoms with Gasteiger partial charge in [-0.3, -0.25) is 0 Å². The molecular weight excluding hydrogens is 282 g/mol. The standard InChI is InChI=1S/C17H19NO2S/c1-13-6-4-7-14(12-13)19-10-5-11-20-16-9-3-2-8-15(16)17(18)21/h2-4,6-9,12H,5,10-11H2,1H3,(H2,18,21). The zero-order chi connectivity index (χ0) is 15.1. The van der Waals surface area contributed by atoms with E-state index in [2.05, 4.69) is 0 Å². The first-order chi connectivity index (χ1) is 10.2. The summed E-state index contributed by atoms with van der Waals surface area (Å²) in [5.74, 6) is 1.61. The lowest BCUT2D eigenvalue weighted by molar-refractivity contribution is 0.247. The minimum Gasteiger partial charge on any atom is -0.493 e. The first-order valence-corrected chi connectivity index (χ1v) is 7.29. The molecule has 0 heterocycles. The van der Waals surface area contributed by atoms with E-state index >= 15 is 0 Å². The van der Waals surface area contributed by atoms with Crippen LogP contribution >= 0.6 is 12.2 Å². The van der Waals surface area contributed by atoms with E-state index in [0.717, 1.165) is 23.5 Å². The minimum absolute atomic E-state index is 0.349. The molecule has 0 spiro atoms. The predicted octanol–water partition coefficient (Wildman–Crippen LogP) is 3.48. The highest BCUT2D eigenvalue weighted by atomic mass is 32.1. The summed E-state index contributed by atoms with van der Waals surface area (Å²) in [7, 11) is 0. The van der Waals surface area contributed by atoms with Gasteiger partial charge in [0.2, 0.25) is 0 Å². The maximum absolute atomic E-state index is 5.71. The second-order valence-corrected chi connectivity index (χ2v) is 5.17. The number of ether oxygens (including phenoxy) is 2. The summed E-state index contributed by atoms with van der Waals surface area (Å²) >= 11 is 5.00. The van der Waals surface area contributed by atoms with Gasteiger partial charge in [-0.05, 0) is 36.8 Å². The normalized spacial score (nSPS) is 10.1. The molecule has 0 aromatic heterocycles. The summed E-state index contributed by atoms with van der Waals surface area (Å²) < 4.78 is 11.4. The highest BCUT2D eigenvalue weighted by molar-refractivity contribution is 7.80. The van der Waals surface area contributed by atoms with E-state index in [-0.39, 0.29) is 0 Å². The van der Waals surface area contributed by atoms with Crippen molar-refractivity contribution < 1.29 is 9.47 Å². The van der Waals surface area contributed by atoms with Crippen molar-refractivity contribution in [2.75, 3.05) is 13.2 Å². The number of nitrogens with two attached hydrogens (primary N) is 1. The van der Waals surface area contributed by atoms with Gasteiger partial charge in [-0.2, -0.15) is 0 Å². The third kappa shape index (κ3) is 4.76. The predicted molar refractivity (Wildman–Crippen MR) is 89.1 cm³/mol. The second kappa shape index (κ2) is 7.64. The molecule has 0 saturated heterocycles. The lowest BCUT2D eigenvalue weighted by atomic mass is 10.2. The monoisotopic (exact) mass is 301 g/mol. The Balaban J connectivity index is 1.76. The van der Waals surface area contributed by atoms with Gasteiger partial charge in [0.25, 0.3) is 0 Å². The molecule has 0 unspecified atom stereocenters. The van der Waals surface area contributed by atoms with Crippen molar-refractivity contribution in [2.24, 2.45) is 5.73 Å². The molecule has 2 rings (SSSR count). The van der Waals surface area contributed by atoms with Gasteiger partial charge in [-0.15, -0.1) is 0 Å². The molecule has 0 saturated carbocycles. The van der Waals surface area contributed by atoms with Crippen LogP contribution in [0.3, 0.4) is 0 Å². The van der Waals surface area contributed by atoms with Crippen LogP contribution in [0, 0.1) is 6.92 Å². The van der Waals surface area contributed by atoms with E-state index in [0.29, 0.717) is 18.2 Å². The average Bonchev–Trinajstić information content (AvgIpc) is 2.47. The number of benzene rings is 2. The fourth-order valence-electron chi connectivity index (χ4n) is 1.93. The fourth-order valence-corrected chi connectivity index (χ4v) is 2.10. The van der Waals surface area contributed by atoms with Crippen molar-refractivity contribution in [2.45, 2.75) is 13.3 Å². The Bertz CT molecular complexity index is 613. The van der Waals surface area contributed by atoms with Crippen LogP contribution in [0.5, 0.6) is 11.5 Å². The molecular formula is C17H19NO2S. The van der Waals surface area contributed by atoms with Gasteiger partial charge in [0.15, 0.2) is 0 Å². The second-order valence-electron chi connectivity index (χ2n) is 4.73. The Labute approximate surface area is 130 Å². The minimum atomic E-state index is 0.349. The van der Waals surface area contributed by atoms with Crippen LogP contribution < -0.4 is 15.2 Å². The number of rotatable bonds is 7. The molecule has 0 fully saturated rings. The van der Waals surface area contributed by atoms with Crippen LogP contribution in [0.2, 0.25) is 0 Å². The Hall–Kier alpha value is -2.07. The SMILES string of the molecule is Cc1cccc(OCCCOc2ccccc2C(N)=S)c1. The van der Waals surface area contributed by atoms with E-state index in [1.54, 1.807) is 0 Å². The highest BCUT2D eigenvalue weighted by Gasteiger charge is 2.04. The molecule has 0 aliphatic carbocycles. The molecule has 110 valence electrons. The van der Waals surface area contributed by atoms with Crippen molar-refractivity contribution in [1.29, 1.82) is 0 Å². The van der Waals surface area contributed by atoms with Gasteiger partial charge >= 0.3 is 0 Å². The first kappa shape index (κ1) is 15.3. The molecule has 0 aliphatic rings. The number of hydrogen-bond acceptors (Lipinski definition) is 3. The first-order valence-electron chi connectivity index (χ1n) is 6.88. The quantitative estimate of drug-likeness (QED) is 0.628. The molecule has 3 nitrogen and oxygen atoms in total. The van der Waals surface area contributed by atoms with E-state index in [4.69, 9.17) is 27.4 Å². The molecule has 0 radical (unpaired) electrons. The van der Waals surface area contributed by atoms with Crippen molar-refractivity contribution in [3.63, 3.8) is 0 Å². The third-order valence-corrected chi connectivity index (χ3v) is 3.18. The molecule has 0 bridgehead atoms. The highest BCUT2D eigenvalue weighted by Crippen LogP contribution is 2.18. The van der Waals surface area contributed by atoms with Crippen LogP contribution in [0.25, 0.3) is 0 Å². The van der Waals surface area contributed by atoms with Crippen molar-refractivity contribution in [1.82, 2.24) is 0 Å². The lowest BCUT2D eigenvalue weighted by Crippen LogP contribution is -2.12. The maximum Gasteiger partial charge on any atom is 0.129 e. The van der Waals surface area contributed by atoms with Crippen LogP contribution in [-0.4, -0.2) is 18.2 Å².